The van der Waals surface area contributed by atoms with E-state index in [2.05, 4.69) is 24.2 Å². The zero-order chi connectivity index (χ0) is 19.4. The Hall–Kier alpha value is -2.58. The van der Waals surface area contributed by atoms with Crippen molar-refractivity contribution in [1.29, 1.82) is 0 Å². The van der Waals surface area contributed by atoms with Crippen LogP contribution in [0.3, 0.4) is 0 Å². The molecule has 140 valence electrons. The number of aromatic nitrogens is 3. The summed E-state index contributed by atoms with van der Waals surface area (Å²) in [6.07, 6.45) is 1.82. The van der Waals surface area contributed by atoms with Gasteiger partial charge in [0, 0.05) is 5.92 Å². The second kappa shape index (κ2) is 5.97. The molecule has 2 N–H and O–H groups in total. The first-order valence-electron chi connectivity index (χ1n) is 8.49. The largest absolute Gasteiger partial charge is 0.238 e. The van der Waals surface area contributed by atoms with E-state index in [-0.39, 0.29) is 28.0 Å². The summed E-state index contributed by atoms with van der Waals surface area (Å²) in [4.78, 5) is 0.0957. The van der Waals surface area contributed by atoms with Gasteiger partial charge in [-0.1, -0.05) is 37.3 Å². The monoisotopic (exact) mass is 386 g/mol. The molecule has 0 spiro atoms. The average Bonchev–Trinajstić information content (AvgIpc) is 2.94. The van der Waals surface area contributed by atoms with Crippen molar-refractivity contribution in [2.45, 2.75) is 30.6 Å². The van der Waals surface area contributed by atoms with Gasteiger partial charge in [-0.25, -0.2) is 22.6 Å². The summed E-state index contributed by atoms with van der Waals surface area (Å²) in [5, 5.41) is 13.6. The molecule has 1 aliphatic carbocycles. The Morgan fingerprint density at radius 2 is 1.81 bits per heavy atom. The smallest absolute Gasteiger partial charge is 0.225 e. The molecule has 8 heteroatoms. The minimum Gasteiger partial charge on any atom is -0.225 e. The Morgan fingerprint density at radius 3 is 2.44 bits per heavy atom. The van der Waals surface area contributed by atoms with Crippen molar-refractivity contribution in [2.24, 2.45) is 10.6 Å². The fourth-order valence-electron chi connectivity index (χ4n) is 3.84. The minimum atomic E-state index is -3.71. The van der Waals surface area contributed by atoms with Gasteiger partial charge in [-0.15, -0.1) is 5.10 Å². The molecule has 0 aliphatic heterocycles. The summed E-state index contributed by atoms with van der Waals surface area (Å²) in [6, 6.07) is 12.8. The number of nitrogens with zero attached hydrogens (tertiary/aromatic N) is 3. The normalized spacial score (nSPS) is 21.2. The van der Waals surface area contributed by atoms with E-state index in [0.717, 1.165) is 11.3 Å². The topological polar surface area (TPSA) is 90.9 Å². The van der Waals surface area contributed by atoms with E-state index >= 15 is 0 Å². The van der Waals surface area contributed by atoms with Gasteiger partial charge in [-0.05, 0) is 47.2 Å². The Balaban J connectivity index is 1.62. The van der Waals surface area contributed by atoms with Crippen molar-refractivity contribution in [1.82, 2.24) is 15.0 Å². The summed E-state index contributed by atoms with van der Waals surface area (Å²) >= 11 is 0. The second-order valence-corrected chi connectivity index (χ2v) is 9.02. The fourth-order valence-corrected chi connectivity index (χ4v) is 4.36. The highest BCUT2D eigenvalue weighted by molar-refractivity contribution is 7.89. The minimum absolute atomic E-state index is 0.0497. The molecule has 1 fully saturated rings. The number of nitrogens with two attached hydrogens (primary N) is 1. The molecule has 1 aliphatic rings. The summed E-state index contributed by atoms with van der Waals surface area (Å²) in [6.45, 7) is 4.27. The second-order valence-electron chi connectivity index (χ2n) is 7.46. The summed E-state index contributed by atoms with van der Waals surface area (Å²) in [5.41, 5.74) is 2.41. The highest BCUT2D eigenvalue weighted by Crippen LogP contribution is 2.69. The van der Waals surface area contributed by atoms with Crippen LogP contribution < -0.4 is 5.14 Å². The van der Waals surface area contributed by atoms with Crippen LogP contribution in [0.2, 0.25) is 0 Å². The zero-order valence-corrected chi connectivity index (χ0v) is 15.7. The predicted octanol–water partition coefficient (Wildman–Crippen LogP) is 2.96. The number of halogens is 1. The maximum atomic E-state index is 13.4. The lowest BCUT2D eigenvalue weighted by atomic mass is 10.0. The van der Waals surface area contributed by atoms with Gasteiger partial charge in [0.25, 0.3) is 0 Å². The van der Waals surface area contributed by atoms with Gasteiger partial charge in [-0.2, -0.15) is 0 Å². The Labute approximate surface area is 156 Å². The Bertz CT molecular complexity index is 1110. The lowest BCUT2D eigenvalue weighted by molar-refractivity contribution is 0.596. The van der Waals surface area contributed by atoms with E-state index in [9.17, 15) is 12.8 Å². The molecule has 0 unspecified atom stereocenters. The summed E-state index contributed by atoms with van der Waals surface area (Å²) in [7, 11) is -3.71. The van der Waals surface area contributed by atoms with Crippen molar-refractivity contribution in [2.75, 3.05) is 0 Å². The van der Waals surface area contributed by atoms with Crippen LogP contribution in [-0.4, -0.2) is 23.4 Å². The molecule has 1 heterocycles. The first kappa shape index (κ1) is 17.8. The van der Waals surface area contributed by atoms with Gasteiger partial charge in [0.2, 0.25) is 10.0 Å². The number of primary sulfonamides is 1. The summed E-state index contributed by atoms with van der Waals surface area (Å²) in [5.74, 6) is -0.00560. The van der Waals surface area contributed by atoms with Crippen molar-refractivity contribution in [3.8, 4) is 5.69 Å². The standard InChI is InChI=1S/C19H19FN4O2S/c1-19(2)17(12-6-8-15(9-7-12)27(21,25)26)18(19)16-11-24(23-22-16)14-5-3-4-13(20)10-14/h3-11,17-18H,1-2H3,(H2,21,25,26)/t17-,18-/m1/s1. The molecule has 2 atom stereocenters. The molecule has 6 nitrogen and oxygen atoms in total. The zero-order valence-electron chi connectivity index (χ0n) is 14.9. The van der Waals surface area contributed by atoms with Crippen molar-refractivity contribution in [3.63, 3.8) is 0 Å². The van der Waals surface area contributed by atoms with Crippen molar-refractivity contribution in [3.05, 3.63) is 71.8 Å². The van der Waals surface area contributed by atoms with E-state index in [1.165, 1.54) is 24.3 Å². The quantitative estimate of drug-likeness (QED) is 0.746. The van der Waals surface area contributed by atoms with Crippen molar-refractivity contribution < 1.29 is 12.8 Å². The molecule has 0 amide bonds. The van der Waals surface area contributed by atoms with Crippen LogP contribution in [0.25, 0.3) is 5.69 Å². The number of hydrogen-bond donors (Lipinski definition) is 1. The average molecular weight is 386 g/mol. The van der Waals surface area contributed by atoms with Crippen LogP contribution in [-0.2, 0) is 10.0 Å². The van der Waals surface area contributed by atoms with E-state index in [1.807, 2.05) is 6.20 Å². The highest BCUT2D eigenvalue weighted by atomic mass is 32.2. The molecule has 0 radical (unpaired) electrons. The van der Waals surface area contributed by atoms with Crippen LogP contribution in [0.5, 0.6) is 0 Å². The van der Waals surface area contributed by atoms with Gasteiger partial charge < -0.3 is 0 Å². The third-order valence-corrected chi connectivity index (χ3v) is 6.23. The number of sulfonamides is 1. The van der Waals surface area contributed by atoms with Gasteiger partial charge in [0.05, 0.1) is 22.5 Å². The SMILES string of the molecule is CC1(C)[C@H](c2ccc(S(N)(=O)=O)cc2)[C@H]1c1cn(-c2cccc(F)c2)nn1. The molecule has 1 saturated carbocycles. The predicted molar refractivity (Wildman–Crippen MR) is 98.4 cm³/mol. The molecule has 1 aromatic heterocycles. The molecule has 0 saturated heterocycles. The van der Waals surface area contributed by atoms with Crippen molar-refractivity contribution >= 4 is 10.0 Å². The van der Waals surface area contributed by atoms with Crippen LogP contribution in [0.4, 0.5) is 4.39 Å². The van der Waals surface area contributed by atoms with Gasteiger partial charge in [-0.3, -0.25) is 0 Å². The fraction of sp³-hybridized carbons (Fsp3) is 0.263. The highest BCUT2D eigenvalue weighted by Gasteiger charge is 2.60. The first-order valence-corrected chi connectivity index (χ1v) is 10.0. The van der Waals surface area contributed by atoms with Crippen LogP contribution in [0, 0.1) is 11.2 Å². The van der Waals surface area contributed by atoms with Gasteiger partial charge in [0.15, 0.2) is 0 Å². The molecule has 0 bridgehead atoms. The Kier molecular flexibility index (Phi) is 3.94. The lowest BCUT2D eigenvalue weighted by Crippen LogP contribution is -2.11. The van der Waals surface area contributed by atoms with E-state index in [0.29, 0.717) is 5.69 Å². The third kappa shape index (κ3) is 3.15. The maximum absolute atomic E-state index is 13.4. The van der Waals surface area contributed by atoms with Gasteiger partial charge in [0.1, 0.15) is 5.82 Å². The van der Waals surface area contributed by atoms with Gasteiger partial charge >= 0.3 is 0 Å². The van der Waals surface area contributed by atoms with Crippen LogP contribution in [0.1, 0.15) is 36.9 Å². The maximum Gasteiger partial charge on any atom is 0.238 e. The summed E-state index contributed by atoms with van der Waals surface area (Å²) < 4.78 is 37.9. The molecule has 27 heavy (non-hydrogen) atoms. The molecule has 3 aromatic rings. The van der Waals surface area contributed by atoms with E-state index < -0.39 is 10.0 Å². The molecule has 4 rings (SSSR count). The van der Waals surface area contributed by atoms with Crippen LogP contribution in [0.15, 0.2) is 59.6 Å². The van der Waals surface area contributed by atoms with E-state index in [4.69, 9.17) is 5.14 Å². The third-order valence-electron chi connectivity index (χ3n) is 5.30. The Morgan fingerprint density at radius 1 is 1.11 bits per heavy atom. The molecule has 2 aromatic carbocycles. The molecular formula is C19H19FN4O2S. The van der Waals surface area contributed by atoms with Crippen LogP contribution >= 0.6 is 0 Å². The number of hydrogen-bond acceptors (Lipinski definition) is 4. The number of benzene rings is 2. The number of rotatable bonds is 4. The first-order chi connectivity index (χ1) is 12.7. The lowest BCUT2D eigenvalue weighted by Gasteiger charge is -2.04. The van der Waals surface area contributed by atoms with E-state index in [1.54, 1.807) is 28.9 Å². The molecular weight excluding hydrogens is 367 g/mol.